The normalized spacial score (nSPS) is 9.67. The summed E-state index contributed by atoms with van der Waals surface area (Å²) in [5, 5.41) is 0. The summed E-state index contributed by atoms with van der Waals surface area (Å²) >= 11 is 0. The summed E-state index contributed by atoms with van der Waals surface area (Å²) in [5.41, 5.74) is 8.02. The molecule has 0 aliphatic carbocycles. The molecule has 0 atom stereocenters. The molecule has 0 unspecified atom stereocenters. The summed E-state index contributed by atoms with van der Waals surface area (Å²) < 4.78 is 11.0. The third kappa shape index (κ3) is 4.23. The van der Waals surface area contributed by atoms with Crippen molar-refractivity contribution in [1.29, 1.82) is 0 Å². The van der Waals surface area contributed by atoms with Crippen LogP contribution in [0.15, 0.2) is 36.4 Å². The molecule has 1 aromatic carbocycles. The van der Waals surface area contributed by atoms with Gasteiger partial charge in [-0.3, -0.25) is 4.98 Å². The lowest BCUT2D eigenvalue weighted by Crippen LogP contribution is -2.01. The second kappa shape index (κ2) is 7.32. The van der Waals surface area contributed by atoms with Crippen LogP contribution >= 0.6 is 0 Å². The highest BCUT2D eigenvalue weighted by Gasteiger charge is 2.05. The van der Waals surface area contributed by atoms with Crippen molar-refractivity contribution in [3.63, 3.8) is 0 Å². The Morgan fingerprint density at radius 3 is 2.81 bits per heavy atom. The number of methoxy groups -OCH3 is 1. The van der Waals surface area contributed by atoms with E-state index >= 15 is 0 Å². The topological polar surface area (TPSA) is 57.4 Å². The van der Waals surface area contributed by atoms with Crippen molar-refractivity contribution in [1.82, 2.24) is 4.98 Å². The molecule has 1 heterocycles. The van der Waals surface area contributed by atoms with E-state index in [-0.39, 0.29) is 0 Å². The van der Waals surface area contributed by atoms with Crippen LogP contribution in [0.4, 0.5) is 0 Å². The molecule has 21 heavy (non-hydrogen) atoms. The number of nitrogens with zero attached hydrogens (tertiary/aromatic N) is 1. The van der Waals surface area contributed by atoms with Crippen molar-refractivity contribution in [2.75, 3.05) is 13.7 Å². The number of hydrogen-bond acceptors (Lipinski definition) is 4. The Labute approximate surface area is 124 Å². The van der Waals surface area contributed by atoms with E-state index in [1.807, 2.05) is 43.3 Å². The van der Waals surface area contributed by atoms with Crippen LogP contribution in [0.25, 0.3) is 0 Å². The molecule has 0 spiro atoms. The second-order valence-electron chi connectivity index (χ2n) is 4.43. The van der Waals surface area contributed by atoms with Gasteiger partial charge in [-0.05, 0) is 37.3 Å². The minimum Gasteiger partial charge on any atom is -0.497 e. The van der Waals surface area contributed by atoms with Gasteiger partial charge in [0.25, 0.3) is 0 Å². The second-order valence-corrected chi connectivity index (χ2v) is 4.43. The van der Waals surface area contributed by atoms with Crippen LogP contribution in [0, 0.1) is 18.8 Å². The number of nitrogens with two attached hydrogens (primary N) is 1. The Morgan fingerprint density at radius 2 is 2.10 bits per heavy atom. The molecule has 4 nitrogen and oxygen atoms in total. The van der Waals surface area contributed by atoms with E-state index in [4.69, 9.17) is 15.2 Å². The fraction of sp³-hybridized carbons (Fsp3) is 0.235. The maximum atomic E-state index is 5.81. The molecule has 2 N–H and O–H groups in total. The lowest BCUT2D eigenvalue weighted by molar-refractivity contribution is 0.299. The first kappa shape index (κ1) is 14.9. The van der Waals surface area contributed by atoms with Crippen molar-refractivity contribution in [2.45, 2.75) is 13.5 Å². The quantitative estimate of drug-likeness (QED) is 0.874. The van der Waals surface area contributed by atoms with Gasteiger partial charge in [-0.15, -0.1) is 0 Å². The molecule has 0 aliphatic rings. The van der Waals surface area contributed by atoms with E-state index in [1.54, 1.807) is 7.11 Å². The zero-order chi connectivity index (χ0) is 15.1. The largest absolute Gasteiger partial charge is 0.497 e. The van der Waals surface area contributed by atoms with Gasteiger partial charge in [0.1, 0.15) is 18.1 Å². The predicted octanol–water partition coefficient (Wildman–Crippen LogP) is 2.29. The maximum absolute atomic E-state index is 5.81. The SMILES string of the molecule is COc1ccc(OCc2cccc(C)n2)c(C#CCN)c1. The molecule has 0 aliphatic heterocycles. The van der Waals surface area contributed by atoms with Crippen molar-refractivity contribution in [3.05, 3.63) is 53.3 Å². The van der Waals surface area contributed by atoms with E-state index in [0.29, 0.717) is 18.9 Å². The number of aryl methyl sites for hydroxylation is 1. The first-order valence-corrected chi connectivity index (χ1v) is 6.65. The van der Waals surface area contributed by atoms with Gasteiger partial charge in [0.05, 0.1) is 24.9 Å². The molecular formula is C17H18N2O2. The van der Waals surface area contributed by atoms with Gasteiger partial charge in [0.15, 0.2) is 0 Å². The molecule has 1 aromatic heterocycles. The van der Waals surface area contributed by atoms with E-state index in [0.717, 1.165) is 22.7 Å². The summed E-state index contributed by atoms with van der Waals surface area (Å²) in [5.74, 6) is 7.25. The Bertz CT molecular complexity index is 672. The third-order valence-electron chi connectivity index (χ3n) is 2.83. The lowest BCUT2D eigenvalue weighted by atomic mass is 10.2. The van der Waals surface area contributed by atoms with Crippen LogP contribution < -0.4 is 15.2 Å². The Balaban J connectivity index is 2.18. The maximum Gasteiger partial charge on any atom is 0.135 e. The standard InChI is InChI=1S/C17H18N2O2/c1-13-5-3-7-15(19-13)12-21-17-9-8-16(20-2)11-14(17)6-4-10-18/h3,5,7-9,11H,10,12,18H2,1-2H3. The van der Waals surface area contributed by atoms with Crippen LogP contribution in [0.3, 0.4) is 0 Å². The average molecular weight is 282 g/mol. The van der Waals surface area contributed by atoms with Crippen LogP contribution in [0.5, 0.6) is 11.5 Å². The van der Waals surface area contributed by atoms with Crippen molar-refractivity contribution < 1.29 is 9.47 Å². The third-order valence-corrected chi connectivity index (χ3v) is 2.83. The highest BCUT2D eigenvalue weighted by atomic mass is 16.5. The molecule has 2 aromatic rings. The monoisotopic (exact) mass is 282 g/mol. The summed E-state index contributed by atoms with van der Waals surface area (Å²) in [6, 6.07) is 11.4. The minimum absolute atomic E-state index is 0.302. The summed E-state index contributed by atoms with van der Waals surface area (Å²) in [4.78, 5) is 4.41. The highest BCUT2D eigenvalue weighted by Crippen LogP contribution is 2.24. The number of aromatic nitrogens is 1. The van der Waals surface area contributed by atoms with Gasteiger partial charge in [-0.25, -0.2) is 0 Å². The molecule has 108 valence electrons. The van der Waals surface area contributed by atoms with Crippen molar-refractivity contribution >= 4 is 0 Å². The zero-order valence-electron chi connectivity index (χ0n) is 12.2. The molecule has 0 amide bonds. The van der Waals surface area contributed by atoms with Gasteiger partial charge in [-0.1, -0.05) is 17.9 Å². The number of pyridine rings is 1. The minimum atomic E-state index is 0.302. The smallest absolute Gasteiger partial charge is 0.135 e. The van der Waals surface area contributed by atoms with E-state index in [1.165, 1.54) is 0 Å². The summed E-state index contributed by atoms with van der Waals surface area (Å²) in [6.07, 6.45) is 0. The Hall–Kier alpha value is -2.51. The van der Waals surface area contributed by atoms with E-state index in [2.05, 4.69) is 16.8 Å². The van der Waals surface area contributed by atoms with Gasteiger partial charge < -0.3 is 15.2 Å². The lowest BCUT2D eigenvalue weighted by Gasteiger charge is -2.10. The number of rotatable bonds is 4. The van der Waals surface area contributed by atoms with Gasteiger partial charge in [0.2, 0.25) is 0 Å². The average Bonchev–Trinajstić information content (AvgIpc) is 2.51. The zero-order valence-corrected chi connectivity index (χ0v) is 12.2. The van der Waals surface area contributed by atoms with Crippen LogP contribution in [0.1, 0.15) is 17.0 Å². The molecule has 0 saturated carbocycles. The molecule has 4 heteroatoms. The van der Waals surface area contributed by atoms with Crippen molar-refractivity contribution in [2.24, 2.45) is 5.73 Å². The first-order valence-electron chi connectivity index (χ1n) is 6.65. The Kier molecular flexibility index (Phi) is 5.19. The molecule has 2 rings (SSSR count). The first-order chi connectivity index (χ1) is 10.2. The fourth-order valence-electron chi connectivity index (χ4n) is 1.84. The fourth-order valence-corrected chi connectivity index (χ4v) is 1.84. The van der Waals surface area contributed by atoms with E-state index in [9.17, 15) is 0 Å². The van der Waals surface area contributed by atoms with Crippen LogP contribution in [-0.4, -0.2) is 18.6 Å². The van der Waals surface area contributed by atoms with E-state index < -0.39 is 0 Å². The molecule has 0 radical (unpaired) electrons. The molecule has 0 fully saturated rings. The van der Waals surface area contributed by atoms with Crippen LogP contribution in [0.2, 0.25) is 0 Å². The molecular weight excluding hydrogens is 264 g/mol. The number of ether oxygens (including phenoxy) is 2. The summed E-state index contributed by atoms with van der Waals surface area (Å²) in [7, 11) is 1.62. The van der Waals surface area contributed by atoms with Gasteiger partial charge in [-0.2, -0.15) is 0 Å². The van der Waals surface area contributed by atoms with Gasteiger partial charge >= 0.3 is 0 Å². The molecule has 0 bridgehead atoms. The predicted molar refractivity (Wildman–Crippen MR) is 82.2 cm³/mol. The van der Waals surface area contributed by atoms with Crippen LogP contribution in [-0.2, 0) is 6.61 Å². The van der Waals surface area contributed by atoms with Crippen molar-refractivity contribution in [3.8, 4) is 23.3 Å². The molecule has 0 saturated heterocycles. The van der Waals surface area contributed by atoms with Gasteiger partial charge in [0, 0.05) is 5.69 Å². The summed E-state index contributed by atoms with van der Waals surface area (Å²) in [6.45, 7) is 2.65. The number of hydrogen-bond donors (Lipinski definition) is 1. The highest BCUT2D eigenvalue weighted by molar-refractivity contribution is 5.50. The number of benzene rings is 1. The Morgan fingerprint density at radius 1 is 1.24 bits per heavy atom.